The van der Waals surface area contributed by atoms with E-state index in [1.165, 1.54) is 5.54 Å². The molecule has 0 aliphatic rings. The van der Waals surface area contributed by atoms with Crippen LogP contribution in [0.2, 0.25) is 0 Å². The predicted octanol–water partition coefficient (Wildman–Crippen LogP) is 2.54. The molecule has 0 heterocycles. The Morgan fingerprint density at radius 2 is 2.33 bits per heavy atom. The first-order valence-corrected chi connectivity index (χ1v) is 4.60. The normalized spacial score (nSPS) is 11.8. The molecular formula is C8H12Cl2N2. The SMILES string of the molecule is CCCN(CC#N)CC(Cl)=CCl. The molecular weight excluding hydrogens is 195 g/mol. The van der Waals surface area contributed by atoms with Crippen LogP contribution in [-0.4, -0.2) is 24.5 Å². The first-order chi connectivity index (χ1) is 5.74. The Morgan fingerprint density at radius 3 is 2.75 bits per heavy atom. The molecule has 0 rings (SSSR count). The lowest BCUT2D eigenvalue weighted by molar-refractivity contribution is 0.337. The van der Waals surface area contributed by atoms with Gasteiger partial charge in [0.15, 0.2) is 0 Å². The van der Waals surface area contributed by atoms with Crippen LogP contribution < -0.4 is 0 Å². The zero-order valence-electron chi connectivity index (χ0n) is 7.06. The van der Waals surface area contributed by atoms with Gasteiger partial charge in [0.25, 0.3) is 0 Å². The summed E-state index contributed by atoms with van der Waals surface area (Å²) < 4.78 is 0. The third-order valence-electron chi connectivity index (χ3n) is 1.33. The molecule has 4 heteroatoms. The minimum Gasteiger partial charge on any atom is -0.285 e. The first-order valence-electron chi connectivity index (χ1n) is 3.78. The summed E-state index contributed by atoms with van der Waals surface area (Å²) in [7, 11) is 0. The second-order valence-electron chi connectivity index (χ2n) is 2.42. The summed E-state index contributed by atoms with van der Waals surface area (Å²) >= 11 is 11.1. The van der Waals surface area contributed by atoms with Gasteiger partial charge in [-0.15, -0.1) is 0 Å². The average molecular weight is 207 g/mol. The smallest absolute Gasteiger partial charge is 0.0869 e. The van der Waals surface area contributed by atoms with E-state index in [2.05, 4.69) is 13.0 Å². The molecule has 0 saturated carbocycles. The van der Waals surface area contributed by atoms with Gasteiger partial charge in [0.2, 0.25) is 0 Å². The minimum absolute atomic E-state index is 0.398. The molecule has 0 bridgehead atoms. The van der Waals surface area contributed by atoms with Crippen LogP contribution in [0.25, 0.3) is 0 Å². The van der Waals surface area contributed by atoms with Gasteiger partial charge in [-0.05, 0) is 13.0 Å². The van der Waals surface area contributed by atoms with E-state index in [4.69, 9.17) is 28.5 Å². The Bertz CT molecular complexity index is 184. The molecule has 0 atom stereocenters. The van der Waals surface area contributed by atoms with Gasteiger partial charge >= 0.3 is 0 Å². The molecule has 0 aromatic heterocycles. The highest BCUT2D eigenvalue weighted by Gasteiger charge is 2.03. The Labute approximate surface area is 83.4 Å². The number of halogens is 2. The molecule has 0 fully saturated rings. The van der Waals surface area contributed by atoms with Crippen LogP contribution in [-0.2, 0) is 0 Å². The van der Waals surface area contributed by atoms with E-state index in [9.17, 15) is 0 Å². The van der Waals surface area contributed by atoms with Crippen LogP contribution >= 0.6 is 23.2 Å². The highest BCUT2D eigenvalue weighted by molar-refractivity contribution is 6.36. The van der Waals surface area contributed by atoms with Crippen LogP contribution in [0.1, 0.15) is 13.3 Å². The second kappa shape index (κ2) is 7.42. The van der Waals surface area contributed by atoms with E-state index in [1.54, 1.807) is 0 Å². The number of hydrogen-bond acceptors (Lipinski definition) is 2. The van der Waals surface area contributed by atoms with Crippen molar-refractivity contribution in [2.75, 3.05) is 19.6 Å². The van der Waals surface area contributed by atoms with Gasteiger partial charge < -0.3 is 0 Å². The lowest BCUT2D eigenvalue weighted by Crippen LogP contribution is -2.26. The summed E-state index contributed by atoms with van der Waals surface area (Å²) in [6, 6.07) is 2.08. The van der Waals surface area contributed by atoms with Crippen molar-refractivity contribution < 1.29 is 0 Å². The standard InChI is InChI=1S/C8H12Cl2N2/c1-2-4-12(5-3-11)7-8(10)6-9/h6H,2,4-5,7H2,1H3. The van der Waals surface area contributed by atoms with Crippen molar-refractivity contribution in [3.8, 4) is 6.07 Å². The van der Waals surface area contributed by atoms with Gasteiger partial charge in [0, 0.05) is 17.1 Å². The molecule has 0 spiro atoms. The van der Waals surface area contributed by atoms with Crippen molar-refractivity contribution in [3.05, 3.63) is 10.6 Å². The third-order valence-corrected chi connectivity index (χ3v) is 1.93. The predicted molar refractivity (Wildman–Crippen MR) is 52.1 cm³/mol. The maximum Gasteiger partial charge on any atom is 0.0869 e. The fraction of sp³-hybridized carbons (Fsp3) is 0.625. The first kappa shape index (κ1) is 11.8. The van der Waals surface area contributed by atoms with Crippen molar-refractivity contribution in [1.29, 1.82) is 5.26 Å². The number of hydrogen-bond donors (Lipinski definition) is 0. The van der Waals surface area contributed by atoms with Gasteiger partial charge in [-0.2, -0.15) is 5.26 Å². The van der Waals surface area contributed by atoms with Crippen LogP contribution in [0.5, 0.6) is 0 Å². The van der Waals surface area contributed by atoms with Gasteiger partial charge in [-0.1, -0.05) is 30.1 Å². The van der Waals surface area contributed by atoms with Crippen LogP contribution in [0, 0.1) is 11.3 Å². The van der Waals surface area contributed by atoms with E-state index < -0.39 is 0 Å². The van der Waals surface area contributed by atoms with Crippen molar-refractivity contribution >= 4 is 23.2 Å². The summed E-state index contributed by atoms with van der Waals surface area (Å²) in [4.78, 5) is 1.95. The van der Waals surface area contributed by atoms with Crippen molar-refractivity contribution in [3.63, 3.8) is 0 Å². The van der Waals surface area contributed by atoms with E-state index in [0.29, 0.717) is 18.1 Å². The lowest BCUT2D eigenvalue weighted by atomic mass is 10.4. The molecule has 0 aliphatic carbocycles. The molecule has 0 unspecified atom stereocenters. The third kappa shape index (κ3) is 5.42. The summed E-state index contributed by atoms with van der Waals surface area (Å²) in [5.41, 5.74) is 1.33. The monoisotopic (exact) mass is 206 g/mol. The van der Waals surface area contributed by atoms with E-state index in [-0.39, 0.29) is 0 Å². The quantitative estimate of drug-likeness (QED) is 0.647. The fourth-order valence-corrected chi connectivity index (χ4v) is 1.12. The van der Waals surface area contributed by atoms with Crippen molar-refractivity contribution in [1.82, 2.24) is 4.90 Å². The highest BCUT2D eigenvalue weighted by atomic mass is 35.5. The summed E-state index contributed by atoms with van der Waals surface area (Å²) in [6.45, 7) is 3.89. The van der Waals surface area contributed by atoms with Crippen LogP contribution in [0.15, 0.2) is 10.6 Å². The number of nitrogens with zero attached hydrogens (tertiary/aromatic N) is 2. The lowest BCUT2D eigenvalue weighted by Gasteiger charge is -2.16. The molecule has 68 valence electrons. The van der Waals surface area contributed by atoms with Gasteiger partial charge in [0.05, 0.1) is 12.6 Å². The molecule has 0 amide bonds. The summed E-state index contributed by atoms with van der Waals surface area (Å²) in [5, 5.41) is 9.03. The molecule has 2 nitrogen and oxygen atoms in total. The van der Waals surface area contributed by atoms with Gasteiger partial charge in [-0.3, -0.25) is 4.90 Å². The molecule has 0 aliphatic heterocycles. The van der Waals surface area contributed by atoms with Gasteiger partial charge in [0.1, 0.15) is 0 Å². The molecule has 0 aromatic carbocycles. The summed E-state index contributed by atoms with van der Waals surface area (Å²) in [6.07, 6.45) is 1.01. The Balaban J connectivity index is 3.87. The zero-order chi connectivity index (χ0) is 9.40. The Hall–Kier alpha value is -0.230. The summed E-state index contributed by atoms with van der Waals surface area (Å²) in [5.74, 6) is 0. The van der Waals surface area contributed by atoms with E-state index in [1.807, 2.05) is 4.90 Å². The fourth-order valence-electron chi connectivity index (χ4n) is 0.878. The largest absolute Gasteiger partial charge is 0.285 e. The maximum atomic E-state index is 8.46. The Morgan fingerprint density at radius 1 is 1.67 bits per heavy atom. The highest BCUT2D eigenvalue weighted by Crippen LogP contribution is 2.06. The molecule has 0 aromatic rings. The molecule has 12 heavy (non-hydrogen) atoms. The van der Waals surface area contributed by atoms with E-state index in [0.717, 1.165) is 13.0 Å². The van der Waals surface area contributed by atoms with Crippen LogP contribution in [0.4, 0.5) is 0 Å². The average Bonchev–Trinajstić information content (AvgIpc) is 2.05. The Kier molecular flexibility index (Phi) is 7.28. The maximum absolute atomic E-state index is 8.46. The minimum atomic E-state index is 0.398. The number of nitriles is 1. The van der Waals surface area contributed by atoms with Crippen molar-refractivity contribution in [2.24, 2.45) is 0 Å². The second-order valence-corrected chi connectivity index (χ2v) is 3.13. The van der Waals surface area contributed by atoms with Crippen LogP contribution in [0.3, 0.4) is 0 Å². The van der Waals surface area contributed by atoms with Crippen molar-refractivity contribution in [2.45, 2.75) is 13.3 Å². The zero-order valence-corrected chi connectivity index (χ0v) is 8.57. The van der Waals surface area contributed by atoms with E-state index >= 15 is 0 Å². The molecule has 0 radical (unpaired) electrons. The molecule has 0 N–H and O–H groups in total. The number of rotatable bonds is 5. The van der Waals surface area contributed by atoms with Gasteiger partial charge in [-0.25, -0.2) is 0 Å². The topological polar surface area (TPSA) is 27.0 Å². The molecule has 0 saturated heterocycles.